The van der Waals surface area contributed by atoms with Crippen LogP contribution in [0.2, 0.25) is 25.7 Å². The van der Waals surface area contributed by atoms with Crippen molar-refractivity contribution in [2.24, 2.45) is 0 Å². The number of rotatable bonds is 5. The summed E-state index contributed by atoms with van der Waals surface area (Å²) >= 11 is 4.02. The molecule has 2 rings (SSSR count). The van der Waals surface area contributed by atoms with Crippen molar-refractivity contribution < 1.29 is 0 Å². The number of hydrogen-bond acceptors (Lipinski definition) is 3. The second-order valence-electron chi connectivity index (χ2n) is 6.46. The maximum Gasteiger partial charge on any atom is 0.0991 e. The highest BCUT2D eigenvalue weighted by Crippen LogP contribution is 2.46. The summed E-state index contributed by atoms with van der Waals surface area (Å²) in [5.41, 5.74) is 0. The molecule has 2 heterocycles. The molecular formula is C14H25NS2Si. The average Bonchev–Trinajstić information content (AvgIpc) is 2.87. The Morgan fingerprint density at radius 1 is 1.39 bits per heavy atom. The molecule has 0 bridgehead atoms. The Morgan fingerprint density at radius 3 is 2.78 bits per heavy atom. The van der Waals surface area contributed by atoms with Gasteiger partial charge in [-0.3, -0.25) is 4.90 Å². The standard InChI is InChI=1S/C14H25NS2Si/c1-14(13-7-5-10-16-13)15(9-11-17-14)8-6-12-18(2,3)4/h5,7,10H,6,8-9,11-12H2,1-4H3. The maximum atomic E-state index is 2.70. The summed E-state index contributed by atoms with van der Waals surface area (Å²) in [5, 5.41) is 2.21. The molecule has 102 valence electrons. The molecule has 1 aromatic rings. The van der Waals surface area contributed by atoms with E-state index < -0.39 is 8.07 Å². The molecule has 1 saturated heterocycles. The van der Waals surface area contributed by atoms with Crippen molar-refractivity contribution in [1.29, 1.82) is 0 Å². The third-order valence-electron chi connectivity index (χ3n) is 3.68. The van der Waals surface area contributed by atoms with E-state index in [9.17, 15) is 0 Å². The van der Waals surface area contributed by atoms with Crippen LogP contribution in [0.5, 0.6) is 0 Å². The van der Waals surface area contributed by atoms with Gasteiger partial charge in [0.25, 0.3) is 0 Å². The van der Waals surface area contributed by atoms with Gasteiger partial charge < -0.3 is 0 Å². The fraction of sp³-hybridized carbons (Fsp3) is 0.714. The molecule has 0 spiro atoms. The van der Waals surface area contributed by atoms with Crippen molar-refractivity contribution >= 4 is 31.2 Å². The number of nitrogens with zero attached hydrogens (tertiary/aromatic N) is 1. The van der Waals surface area contributed by atoms with Gasteiger partial charge in [0.1, 0.15) is 0 Å². The van der Waals surface area contributed by atoms with Crippen molar-refractivity contribution in [3.05, 3.63) is 22.4 Å². The van der Waals surface area contributed by atoms with E-state index in [-0.39, 0.29) is 4.87 Å². The molecule has 0 amide bonds. The Balaban J connectivity index is 1.96. The Labute approximate surface area is 121 Å². The van der Waals surface area contributed by atoms with Crippen LogP contribution in [0.25, 0.3) is 0 Å². The molecule has 18 heavy (non-hydrogen) atoms. The van der Waals surface area contributed by atoms with Gasteiger partial charge in [-0.1, -0.05) is 31.8 Å². The zero-order chi connectivity index (χ0) is 13.2. The van der Waals surface area contributed by atoms with Crippen LogP contribution in [0.3, 0.4) is 0 Å². The fourth-order valence-electron chi connectivity index (χ4n) is 2.55. The lowest BCUT2D eigenvalue weighted by molar-refractivity contribution is 0.213. The Bertz CT molecular complexity index is 372. The lowest BCUT2D eigenvalue weighted by Gasteiger charge is -2.34. The normalized spacial score (nSPS) is 25.8. The summed E-state index contributed by atoms with van der Waals surface area (Å²) in [5.74, 6) is 1.28. The molecule has 1 aliphatic heterocycles. The van der Waals surface area contributed by atoms with Crippen molar-refractivity contribution in [3.8, 4) is 0 Å². The molecule has 1 aliphatic rings. The number of thioether (sulfide) groups is 1. The molecule has 1 aromatic heterocycles. The molecule has 1 unspecified atom stereocenters. The molecule has 1 fully saturated rings. The zero-order valence-corrected chi connectivity index (χ0v) is 14.7. The van der Waals surface area contributed by atoms with Gasteiger partial charge in [-0.25, -0.2) is 0 Å². The van der Waals surface area contributed by atoms with E-state index in [1.807, 2.05) is 11.3 Å². The van der Waals surface area contributed by atoms with E-state index in [4.69, 9.17) is 0 Å². The molecule has 0 aromatic carbocycles. The summed E-state index contributed by atoms with van der Waals surface area (Å²) in [7, 11) is -0.873. The van der Waals surface area contributed by atoms with Crippen LogP contribution >= 0.6 is 23.1 Å². The first-order valence-corrected chi connectivity index (χ1v) is 12.4. The summed E-state index contributed by atoms with van der Waals surface area (Å²) in [6, 6.07) is 5.94. The second kappa shape index (κ2) is 5.69. The predicted octanol–water partition coefficient (Wildman–Crippen LogP) is 4.70. The summed E-state index contributed by atoms with van der Waals surface area (Å²) in [4.78, 5) is 4.47. The minimum Gasteiger partial charge on any atom is -0.284 e. The van der Waals surface area contributed by atoms with E-state index in [1.165, 1.54) is 36.2 Å². The molecule has 4 heteroatoms. The van der Waals surface area contributed by atoms with Gasteiger partial charge in [0, 0.05) is 25.2 Å². The number of hydrogen-bond donors (Lipinski definition) is 0. The largest absolute Gasteiger partial charge is 0.284 e. The van der Waals surface area contributed by atoms with E-state index in [2.05, 4.69) is 60.7 Å². The van der Waals surface area contributed by atoms with Crippen molar-refractivity contribution in [1.82, 2.24) is 4.90 Å². The van der Waals surface area contributed by atoms with Crippen molar-refractivity contribution in [2.75, 3.05) is 18.8 Å². The second-order valence-corrected chi connectivity index (χ2v) is 14.5. The molecule has 1 nitrogen and oxygen atoms in total. The van der Waals surface area contributed by atoms with E-state index in [1.54, 1.807) is 0 Å². The van der Waals surface area contributed by atoms with E-state index >= 15 is 0 Å². The first-order valence-electron chi connectivity index (χ1n) is 6.85. The maximum absolute atomic E-state index is 2.70. The van der Waals surface area contributed by atoms with Crippen LogP contribution in [0.15, 0.2) is 17.5 Å². The molecule has 0 saturated carbocycles. The quantitative estimate of drug-likeness (QED) is 0.725. The van der Waals surface area contributed by atoms with Gasteiger partial charge in [-0.2, -0.15) is 0 Å². The first kappa shape index (κ1) is 14.6. The van der Waals surface area contributed by atoms with Gasteiger partial charge in [0.2, 0.25) is 0 Å². The minimum atomic E-state index is -0.873. The zero-order valence-electron chi connectivity index (χ0n) is 12.0. The van der Waals surface area contributed by atoms with Crippen LogP contribution in [0, 0.1) is 0 Å². The van der Waals surface area contributed by atoms with Crippen LogP contribution < -0.4 is 0 Å². The Kier molecular flexibility index (Phi) is 4.63. The highest BCUT2D eigenvalue weighted by molar-refractivity contribution is 8.00. The molecule has 1 atom stereocenters. The van der Waals surface area contributed by atoms with E-state index in [0.717, 1.165) is 0 Å². The van der Waals surface area contributed by atoms with Gasteiger partial charge in [0.15, 0.2) is 0 Å². The lowest BCUT2D eigenvalue weighted by Crippen LogP contribution is -2.37. The molecular weight excluding hydrogens is 274 g/mol. The summed E-state index contributed by atoms with van der Waals surface area (Å²) < 4.78 is 0. The van der Waals surface area contributed by atoms with Crippen LogP contribution in [0.4, 0.5) is 0 Å². The monoisotopic (exact) mass is 299 g/mol. The third kappa shape index (κ3) is 3.41. The van der Waals surface area contributed by atoms with Gasteiger partial charge >= 0.3 is 0 Å². The highest BCUT2D eigenvalue weighted by atomic mass is 32.2. The predicted molar refractivity (Wildman–Crippen MR) is 88.5 cm³/mol. The average molecular weight is 300 g/mol. The first-order chi connectivity index (χ1) is 8.42. The van der Waals surface area contributed by atoms with Crippen LogP contribution in [0.1, 0.15) is 18.2 Å². The minimum absolute atomic E-state index is 0.244. The molecule has 0 N–H and O–H groups in total. The molecule has 0 aliphatic carbocycles. The fourth-order valence-corrected chi connectivity index (χ4v) is 6.19. The Hall–Kier alpha value is 0.227. The summed E-state index contributed by atoms with van der Waals surface area (Å²) in [6.07, 6.45) is 1.37. The van der Waals surface area contributed by atoms with E-state index in [0.29, 0.717) is 0 Å². The highest BCUT2D eigenvalue weighted by Gasteiger charge is 2.39. The topological polar surface area (TPSA) is 3.24 Å². The molecule has 0 radical (unpaired) electrons. The Morgan fingerprint density at radius 2 is 2.17 bits per heavy atom. The van der Waals surface area contributed by atoms with Crippen LogP contribution in [-0.2, 0) is 4.87 Å². The smallest absolute Gasteiger partial charge is 0.0991 e. The van der Waals surface area contributed by atoms with Gasteiger partial charge in [0.05, 0.1) is 4.87 Å². The van der Waals surface area contributed by atoms with Gasteiger partial charge in [-0.05, 0) is 31.3 Å². The summed E-state index contributed by atoms with van der Waals surface area (Å²) in [6.45, 7) is 12.4. The van der Waals surface area contributed by atoms with Crippen LogP contribution in [-0.4, -0.2) is 31.8 Å². The van der Waals surface area contributed by atoms with Crippen molar-refractivity contribution in [2.45, 2.75) is 43.9 Å². The number of thiophene rings is 1. The van der Waals surface area contributed by atoms with Crippen molar-refractivity contribution in [3.63, 3.8) is 0 Å². The third-order valence-corrected chi connectivity index (χ3v) is 8.17. The SMILES string of the molecule is CC1(c2cccs2)SCCN1CCC[Si](C)(C)C. The lowest BCUT2D eigenvalue weighted by atomic mass is 10.2. The van der Waals surface area contributed by atoms with Gasteiger partial charge in [-0.15, -0.1) is 23.1 Å².